The molecule has 0 unspecified atom stereocenters. The van der Waals surface area contributed by atoms with Crippen LogP contribution < -0.4 is 21.7 Å². The molecular formula is C19H22ClN5OS2. The Morgan fingerprint density at radius 2 is 1.71 bits per heavy atom. The summed E-state index contributed by atoms with van der Waals surface area (Å²) < 4.78 is 0. The van der Waals surface area contributed by atoms with Gasteiger partial charge in [0.1, 0.15) is 0 Å². The Hall–Kier alpha value is -2.00. The molecule has 2 aromatic rings. The summed E-state index contributed by atoms with van der Waals surface area (Å²) in [5.41, 5.74) is 8.50. The van der Waals surface area contributed by atoms with Crippen molar-refractivity contribution >= 4 is 69.3 Å². The number of carbonyl (C=O) groups excluding carboxylic acids is 1. The van der Waals surface area contributed by atoms with E-state index >= 15 is 0 Å². The molecule has 2 aromatic carbocycles. The van der Waals surface area contributed by atoms with E-state index in [1.54, 1.807) is 24.3 Å². The summed E-state index contributed by atoms with van der Waals surface area (Å²) in [7, 11) is 0. The van der Waals surface area contributed by atoms with Crippen molar-refractivity contribution in [3.05, 3.63) is 47.5 Å². The summed E-state index contributed by atoms with van der Waals surface area (Å²) in [5.74, 6) is 2.08. The van der Waals surface area contributed by atoms with Crippen molar-refractivity contribution in [3.8, 4) is 0 Å². The molecule has 0 spiro atoms. The van der Waals surface area contributed by atoms with E-state index in [0.29, 0.717) is 28.1 Å². The zero-order chi connectivity index (χ0) is 19.9. The second-order valence-corrected chi connectivity index (χ2v) is 8.37. The number of nitrogens with zero attached hydrogens (tertiary/aromatic N) is 1. The lowest BCUT2D eigenvalue weighted by Gasteiger charge is -2.25. The van der Waals surface area contributed by atoms with Crippen LogP contribution in [0.4, 0.5) is 22.7 Å². The fourth-order valence-electron chi connectivity index (χ4n) is 2.71. The van der Waals surface area contributed by atoms with Crippen LogP contribution in [0.1, 0.15) is 0 Å². The van der Waals surface area contributed by atoms with Crippen LogP contribution in [0.15, 0.2) is 42.5 Å². The number of halogens is 1. The van der Waals surface area contributed by atoms with E-state index < -0.39 is 0 Å². The van der Waals surface area contributed by atoms with Crippen molar-refractivity contribution < 1.29 is 4.79 Å². The van der Waals surface area contributed by atoms with Gasteiger partial charge in [-0.05, 0) is 54.7 Å². The predicted octanol–water partition coefficient (Wildman–Crippen LogP) is 3.72. The Morgan fingerprint density at radius 1 is 1.07 bits per heavy atom. The Bertz CT molecular complexity index is 841. The number of nitrogens with one attached hydrogen (secondary N) is 3. The number of nitrogen functional groups attached to an aromatic ring is 1. The molecule has 5 N–H and O–H groups in total. The van der Waals surface area contributed by atoms with Gasteiger partial charge in [-0.15, -0.1) is 0 Å². The smallest absolute Gasteiger partial charge is 0.238 e. The van der Waals surface area contributed by atoms with E-state index in [1.807, 2.05) is 30.0 Å². The molecule has 0 aliphatic carbocycles. The molecule has 6 nitrogen and oxygen atoms in total. The van der Waals surface area contributed by atoms with Gasteiger partial charge in [0.15, 0.2) is 5.11 Å². The molecule has 1 saturated heterocycles. The number of thioether (sulfide) groups is 1. The number of thiocarbonyl (C=S) groups is 1. The van der Waals surface area contributed by atoms with E-state index in [4.69, 9.17) is 29.6 Å². The van der Waals surface area contributed by atoms with Crippen LogP contribution in [0.25, 0.3) is 0 Å². The third-order valence-electron chi connectivity index (χ3n) is 4.14. The average molecular weight is 436 g/mol. The zero-order valence-corrected chi connectivity index (χ0v) is 17.6. The van der Waals surface area contributed by atoms with E-state index in [1.165, 1.54) is 0 Å². The van der Waals surface area contributed by atoms with Gasteiger partial charge in [-0.2, -0.15) is 11.8 Å². The van der Waals surface area contributed by atoms with Gasteiger partial charge >= 0.3 is 0 Å². The van der Waals surface area contributed by atoms with Crippen LogP contribution in [-0.4, -0.2) is 47.1 Å². The molecular weight excluding hydrogens is 414 g/mol. The third-order valence-corrected chi connectivity index (χ3v) is 5.60. The lowest BCUT2D eigenvalue weighted by Crippen LogP contribution is -2.38. The minimum atomic E-state index is -0.0601. The molecule has 0 atom stereocenters. The molecule has 0 radical (unpaired) electrons. The number of benzene rings is 2. The van der Waals surface area contributed by atoms with Crippen LogP contribution in [0.2, 0.25) is 5.02 Å². The molecule has 0 aromatic heterocycles. The molecule has 1 heterocycles. The molecule has 1 fully saturated rings. The maximum Gasteiger partial charge on any atom is 0.238 e. The van der Waals surface area contributed by atoms with Gasteiger partial charge in [-0.1, -0.05) is 11.6 Å². The number of nitrogens with two attached hydrogens (primary N) is 1. The average Bonchev–Trinajstić information content (AvgIpc) is 2.66. The topological polar surface area (TPSA) is 82.4 Å². The Balaban J connectivity index is 1.53. The van der Waals surface area contributed by atoms with Gasteiger partial charge in [0.05, 0.1) is 17.3 Å². The van der Waals surface area contributed by atoms with Crippen molar-refractivity contribution in [1.29, 1.82) is 0 Å². The van der Waals surface area contributed by atoms with Crippen LogP contribution in [-0.2, 0) is 4.79 Å². The normalized spacial score (nSPS) is 14.3. The first-order valence-electron chi connectivity index (χ1n) is 8.82. The largest absolute Gasteiger partial charge is 0.399 e. The number of rotatable bonds is 5. The lowest BCUT2D eigenvalue weighted by molar-refractivity contribution is -0.117. The number of carbonyl (C=O) groups is 1. The number of hydrogen-bond acceptors (Lipinski definition) is 5. The second-order valence-electron chi connectivity index (χ2n) is 6.33. The molecule has 3 rings (SSSR count). The highest BCUT2D eigenvalue weighted by atomic mass is 35.5. The molecule has 1 amide bonds. The Labute approximate surface area is 179 Å². The van der Waals surface area contributed by atoms with Gasteiger partial charge in [0.2, 0.25) is 5.91 Å². The minimum absolute atomic E-state index is 0.0601. The summed E-state index contributed by atoms with van der Waals surface area (Å²) in [6, 6.07) is 12.6. The summed E-state index contributed by atoms with van der Waals surface area (Å²) in [5, 5.41) is 9.90. The Morgan fingerprint density at radius 3 is 2.39 bits per heavy atom. The zero-order valence-electron chi connectivity index (χ0n) is 15.2. The second kappa shape index (κ2) is 9.97. The minimum Gasteiger partial charge on any atom is -0.399 e. The predicted molar refractivity (Wildman–Crippen MR) is 125 cm³/mol. The first-order chi connectivity index (χ1) is 13.5. The highest BCUT2D eigenvalue weighted by Crippen LogP contribution is 2.26. The number of amides is 1. The van der Waals surface area contributed by atoms with E-state index in [0.717, 1.165) is 36.0 Å². The van der Waals surface area contributed by atoms with Crippen molar-refractivity contribution in [3.63, 3.8) is 0 Å². The number of anilines is 4. The van der Waals surface area contributed by atoms with Crippen molar-refractivity contribution in [1.82, 2.24) is 4.90 Å². The molecule has 148 valence electrons. The standard InChI is InChI=1S/C19H22ClN5OS2/c20-16-11-15(23-19(27)22-14-3-1-13(21)2-4-14)5-6-17(16)24-18(26)12-25-7-9-28-10-8-25/h1-6,11H,7-10,12,21H2,(H,24,26)(H2,22,23,27). The summed E-state index contributed by atoms with van der Waals surface area (Å²) >= 11 is 13.6. The van der Waals surface area contributed by atoms with Crippen LogP contribution >= 0.6 is 35.6 Å². The van der Waals surface area contributed by atoms with Crippen LogP contribution in [0.5, 0.6) is 0 Å². The van der Waals surface area contributed by atoms with Crippen LogP contribution in [0, 0.1) is 0 Å². The summed E-state index contributed by atoms with van der Waals surface area (Å²) in [6.45, 7) is 2.26. The lowest BCUT2D eigenvalue weighted by atomic mass is 10.2. The van der Waals surface area contributed by atoms with Crippen molar-refractivity contribution in [2.24, 2.45) is 0 Å². The van der Waals surface area contributed by atoms with Gasteiger partial charge < -0.3 is 21.7 Å². The van der Waals surface area contributed by atoms with E-state index in [9.17, 15) is 4.79 Å². The molecule has 9 heteroatoms. The molecule has 0 saturated carbocycles. The fraction of sp³-hybridized carbons (Fsp3) is 0.263. The van der Waals surface area contributed by atoms with Gasteiger partial charge in [-0.25, -0.2) is 0 Å². The monoisotopic (exact) mass is 435 g/mol. The SMILES string of the molecule is Nc1ccc(NC(=S)Nc2ccc(NC(=O)CN3CCSCC3)c(Cl)c2)cc1. The van der Waals surface area contributed by atoms with Crippen LogP contribution in [0.3, 0.4) is 0 Å². The van der Waals surface area contributed by atoms with Gasteiger partial charge in [0.25, 0.3) is 0 Å². The van der Waals surface area contributed by atoms with Crippen molar-refractivity contribution in [2.75, 3.05) is 52.8 Å². The highest BCUT2D eigenvalue weighted by molar-refractivity contribution is 7.99. The summed E-state index contributed by atoms with van der Waals surface area (Å²) in [6.07, 6.45) is 0. The summed E-state index contributed by atoms with van der Waals surface area (Å²) in [4.78, 5) is 14.4. The fourth-order valence-corrected chi connectivity index (χ4v) is 4.15. The molecule has 28 heavy (non-hydrogen) atoms. The van der Waals surface area contributed by atoms with Gasteiger partial charge in [-0.3, -0.25) is 9.69 Å². The molecule has 1 aliphatic rings. The van der Waals surface area contributed by atoms with Gasteiger partial charge in [0, 0.05) is 41.7 Å². The van der Waals surface area contributed by atoms with E-state index in [2.05, 4.69) is 20.9 Å². The molecule has 1 aliphatic heterocycles. The maximum absolute atomic E-state index is 12.2. The maximum atomic E-state index is 12.2. The van der Waals surface area contributed by atoms with Crippen molar-refractivity contribution in [2.45, 2.75) is 0 Å². The van der Waals surface area contributed by atoms with E-state index in [-0.39, 0.29) is 5.91 Å². The first-order valence-corrected chi connectivity index (χ1v) is 10.8. The number of hydrogen-bond donors (Lipinski definition) is 4. The third kappa shape index (κ3) is 6.27. The first kappa shape index (κ1) is 20.7. The quantitative estimate of drug-likeness (QED) is 0.421. The highest BCUT2D eigenvalue weighted by Gasteiger charge is 2.15. The Kier molecular flexibility index (Phi) is 7.38. The molecule has 0 bridgehead atoms.